The fourth-order valence-electron chi connectivity index (χ4n) is 3.43. The molecular weight excluding hydrogens is 474 g/mol. The van der Waals surface area contributed by atoms with Gasteiger partial charge in [0.05, 0.1) is 38.7 Å². The van der Waals surface area contributed by atoms with Crippen molar-refractivity contribution < 1.29 is 38.0 Å². The maximum Gasteiger partial charge on any atom is 0.342 e. The Morgan fingerprint density at radius 1 is 1.00 bits per heavy atom. The lowest BCUT2D eigenvalue weighted by Gasteiger charge is -2.17. The third-order valence-electron chi connectivity index (χ3n) is 4.88. The highest BCUT2D eigenvalue weighted by Crippen LogP contribution is 2.43. The summed E-state index contributed by atoms with van der Waals surface area (Å²) in [5.41, 5.74) is 1.92. The number of carbonyl (C=O) groups excluding carboxylic acids is 2. The van der Waals surface area contributed by atoms with Crippen molar-refractivity contribution in [1.82, 2.24) is 4.98 Å². The SMILES string of the molecule is CCOc1ccc(-c2nc(-c3cc(C=O)c(OCOC)c(OC)c3C(=O)OC)cs2)cc1OCC. The van der Waals surface area contributed by atoms with Gasteiger partial charge in [-0.1, -0.05) is 0 Å². The Hall–Kier alpha value is -3.63. The van der Waals surface area contributed by atoms with E-state index in [1.807, 2.05) is 32.0 Å². The molecule has 0 aliphatic heterocycles. The van der Waals surface area contributed by atoms with Crippen molar-refractivity contribution in [1.29, 1.82) is 0 Å². The molecule has 0 amide bonds. The highest BCUT2D eigenvalue weighted by atomic mass is 32.1. The van der Waals surface area contributed by atoms with Gasteiger partial charge in [0.2, 0.25) is 0 Å². The van der Waals surface area contributed by atoms with Gasteiger partial charge in [-0.2, -0.15) is 0 Å². The van der Waals surface area contributed by atoms with Crippen molar-refractivity contribution in [2.45, 2.75) is 13.8 Å². The van der Waals surface area contributed by atoms with E-state index in [1.54, 1.807) is 5.38 Å². The summed E-state index contributed by atoms with van der Waals surface area (Å²) in [6, 6.07) is 7.10. The van der Waals surface area contributed by atoms with Crippen LogP contribution < -0.4 is 18.9 Å². The van der Waals surface area contributed by atoms with Gasteiger partial charge in [0.1, 0.15) is 10.6 Å². The molecule has 3 aromatic rings. The summed E-state index contributed by atoms with van der Waals surface area (Å²) >= 11 is 1.38. The van der Waals surface area contributed by atoms with Crippen LogP contribution in [0.2, 0.25) is 0 Å². The summed E-state index contributed by atoms with van der Waals surface area (Å²) in [4.78, 5) is 29.4. The van der Waals surface area contributed by atoms with Gasteiger partial charge < -0.3 is 28.4 Å². The minimum atomic E-state index is -0.661. The number of esters is 1. The first-order chi connectivity index (χ1) is 17.0. The molecule has 2 aromatic carbocycles. The molecule has 0 unspecified atom stereocenters. The summed E-state index contributed by atoms with van der Waals surface area (Å²) in [5, 5.41) is 2.48. The monoisotopic (exact) mass is 501 g/mol. The average Bonchev–Trinajstić information content (AvgIpc) is 3.37. The Morgan fingerprint density at radius 2 is 1.74 bits per heavy atom. The number of nitrogens with zero attached hydrogens (tertiary/aromatic N) is 1. The quantitative estimate of drug-likeness (QED) is 0.195. The fourth-order valence-corrected chi connectivity index (χ4v) is 4.25. The number of thiazole rings is 1. The van der Waals surface area contributed by atoms with Crippen molar-refractivity contribution in [3.05, 3.63) is 40.8 Å². The van der Waals surface area contributed by atoms with Crippen LogP contribution in [0.4, 0.5) is 0 Å². The summed E-state index contributed by atoms with van der Waals surface area (Å²) in [7, 11) is 4.08. The molecule has 3 rings (SSSR count). The molecule has 1 aromatic heterocycles. The van der Waals surface area contributed by atoms with Crippen LogP contribution in [0.15, 0.2) is 29.6 Å². The smallest absolute Gasteiger partial charge is 0.342 e. The van der Waals surface area contributed by atoms with Gasteiger partial charge in [0, 0.05) is 23.6 Å². The zero-order valence-corrected chi connectivity index (χ0v) is 21.0. The lowest BCUT2D eigenvalue weighted by Crippen LogP contribution is -2.11. The van der Waals surface area contributed by atoms with E-state index < -0.39 is 5.97 Å². The summed E-state index contributed by atoms with van der Waals surface area (Å²) in [6.45, 7) is 4.67. The molecule has 186 valence electrons. The normalized spacial score (nSPS) is 10.5. The predicted octanol–water partition coefficient (Wildman–Crippen LogP) is 4.86. The van der Waals surface area contributed by atoms with Crippen molar-refractivity contribution in [3.63, 3.8) is 0 Å². The van der Waals surface area contributed by atoms with E-state index >= 15 is 0 Å². The van der Waals surface area contributed by atoms with Gasteiger partial charge in [-0.05, 0) is 38.1 Å². The lowest BCUT2D eigenvalue weighted by molar-refractivity contribution is 0.0475. The topological polar surface area (TPSA) is 102 Å². The maximum atomic E-state index is 12.8. The van der Waals surface area contributed by atoms with Crippen molar-refractivity contribution in [3.8, 4) is 44.8 Å². The second kappa shape index (κ2) is 12.2. The van der Waals surface area contributed by atoms with Crippen molar-refractivity contribution in [2.24, 2.45) is 0 Å². The molecule has 0 aliphatic rings. The number of hydrogen-bond donors (Lipinski definition) is 0. The molecule has 0 radical (unpaired) electrons. The molecule has 0 N–H and O–H groups in total. The molecule has 0 bridgehead atoms. The number of carbonyl (C=O) groups is 2. The Morgan fingerprint density at radius 3 is 2.37 bits per heavy atom. The van der Waals surface area contributed by atoms with E-state index in [0.717, 1.165) is 5.56 Å². The van der Waals surface area contributed by atoms with E-state index in [9.17, 15) is 9.59 Å². The van der Waals surface area contributed by atoms with Crippen LogP contribution in [-0.2, 0) is 9.47 Å². The Balaban J connectivity index is 2.15. The average molecular weight is 502 g/mol. The second-order valence-electron chi connectivity index (χ2n) is 6.98. The third kappa shape index (κ3) is 5.55. The molecule has 0 aliphatic carbocycles. The molecule has 0 atom stereocenters. The number of aldehydes is 1. The molecule has 0 fully saturated rings. The number of hydrogen-bond acceptors (Lipinski definition) is 10. The van der Waals surface area contributed by atoms with Gasteiger partial charge in [-0.15, -0.1) is 11.3 Å². The minimum Gasteiger partial charge on any atom is -0.492 e. The molecule has 0 saturated heterocycles. The molecular formula is C25H27NO8S. The molecule has 10 heteroatoms. The molecule has 9 nitrogen and oxygen atoms in total. The molecule has 0 spiro atoms. The van der Waals surface area contributed by atoms with Crippen molar-refractivity contribution in [2.75, 3.05) is 41.3 Å². The first-order valence-electron chi connectivity index (χ1n) is 10.8. The minimum absolute atomic E-state index is 0.0581. The van der Waals surface area contributed by atoms with Gasteiger partial charge in [-0.3, -0.25) is 4.79 Å². The molecule has 1 heterocycles. The first kappa shape index (κ1) is 26.0. The number of aromatic nitrogens is 1. The van der Waals surface area contributed by atoms with Gasteiger partial charge >= 0.3 is 5.97 Å². The zero-order valence-electron chi connectivity index (χ0n) is 20.2. The lowest BCUT2D eigenvalue weighted by atomic mass is 9.99. The van der Waals surface area contributed by atoms with Crippen LogP contribution in [0.5, 0.6) is 23.0 Å². The van der Waals surface area contributed by atoms with E-state index in [1.165, 1.54) is 38.7 Å². The Labute approximate surface area is 207 Å². The van der Waals surface area contributed by atoms with Gasteiger partial charge in [-0.25, -0.2) is 9.78 Å². The first-order valence-corrected chi connectivity index (χ1v) is 11.7. The largest absolute Gasteiger partial charge is 0.492 e. The Kier molecular flexibility index (Phi) is 9.04. The van der Waals surface area contributed by atoms with Crippen LogP contribution in [0.25, 0.3) is 21.8 Å². The maximum absolute atomic E-state index is 12.8. The van der Waals surface area contributed by atoms with E-state index in [4.69, 9.17) is 33.4 Å². The second-order valence-corrected chi connectivity index (χ2v) is 7.83. The van der Waals surface area contributed by atoms with Gasteiger partial charge in [0.15, 0.2) is 36.1 Å². The number of rotatable bonds is 12. The van der Waals surface area contributed by atoms with E-state index in [0.29, 0.717) is 47.3 Å². The summed E-state index contributed by atoms with van der Waals surface area (Å²) < 4.78 is 32.3. The summed E-state index contributed by atoms with van der Waals surface area (Å²) in [6.07, 6.45) is 0.617. The van der Waals surface area contributed by atoms with Crippen LogP contribution in [0.1, 0.15) is 34.6 Å². The summed E-state index contributed by atoms with van der Waals surface area (Å²) in [5.74, 6) is 0.739. The van der Waals surface area contributed by atoms with Gasteiger partial charge in [0.25, 0.3) is 0 Å². The zero-order chi connectivity index (χ0) is 25.4. The van der Waals surface area contributed by atoms with Crippen LogP contribution in [-0.4, -0.2) is 58.6 Å². The van der Waals surface area contributed by atoms with E-state index in [2.05, 4.69) is 0 Å². The van der Waals surface area contributed by atoms with E-state index in [-0.39, 0.29) is 29.4 Å². The number of benzene rings is 2. The predicted molar refractivity (Wildman–Crippen MR) is 131 cm³/mol. The highest BCUT2D eigenvalue weighted by molar-refractivity contribution is 7.13. The van der Waals surface area contributed by atoms with Crippen LogP contribution in [0.3, 0.4) is 0 Å². The van der Waals surface area contributed by atoms with Crippen LogP contribution >= 0.6 is 11.3 Å². The van der Waals surface area contributed by atoms with Crippen molar-refractivity contribution >= 4 is 23.6 Å². The van der Waals surface area contributed by atoms with Crippen LogP contribution in [0, 0.1) is 0 Å². The third-order valence-corrected chi connectivity index (χ3v) is 5.77. The molecule has 35 heavy (non-hydrogen) atoms. The number of methoxy groups -OCH3 is 3. The number of ether oxygens (including phenoxy) is 6. The molecule has 0 saturated carbocycles. The highest BCUT2D eigenvalue weighted by Gasteiger charge is 2.28. The Bertz CT molecular complexity index is 1190. The standard InChI is InChI=1S/C25H27NO8S/c1-6-32-19-9-8-15(11-20(19)33-7-2)24-26-18(13-35-24)17-10-16(12-27)22(34-14-29-3)23(30-4)21(17)25(28)31-5/h8-13H,6-7,14H2,1-5H3. The fraction of sp³-hybridized carbons (Fsp3) is 0.320.